The van der Waals surface area contributed by atoms with Crippen LogP contribution in [0.1, 0.15) is 38.1 Å². The van der Waals surface area contributed by atoms with Crippen LogP contribution in [0.2, 0.25) is 0 Å². The lowest BCUT2D eigenvalue weighted by molar-refractivity contribution is -0.152. The van der Waals surface area contributed by atoms with Gasteiger partial charge in [-0.1, -0.05) is 6.42 Å². The Bertz CT molecular complexity index is 667. The first-order valence-electron chi connectivity index (χ1n) is 8.06. The largest absolute Gasteiger partial charge is 0.469 e. The zero-order valence-electron chi connectivity index (χ0n) is 12.8. The third kappa shape index (κ3) is 1.89. The fourth-order valence-corrected chi connectivity index (χ4v) is 4.26. The van der Waals surface area contributed by atoms with Crippen LogP contribution in [0.15, 0.2) is 17.2 Å². The second-order valence-corrected chi connectivity index (χ2v) is 6.81. The average molecular weight is 303 g/mol. The molecule has 2 unspecified atom stereocenters. The van der Waals surface area contributed by atoms with Gasteiger partial charge in [0.25, 0.3) is 5.56 Å². The van der Waals surface area contributed by atoms with Gasteiger partial charge < -0.3 is 14.2 Å². The van der Waals surface area contributed by atoms with E-state index in [-0.39, 0.29) is 17.4 Å². The zero-order valence-corrected chi connectivity index (χ0v) is 12.8. The van der Waals surface area contributed by atoms with E-state index in [4.69, 9.17) is 4.74 Å². The Morgan fingerprint density at radius 1 is 1.41 bits per heavy atom. The monoisotopic (exact) mass is 303 g/mol. The minimum Gasteiger partial charge on any atom is -0.469 e. The first kappa shape index (κ1) is 13.8. The lowest BCUT2D eigenvalue weighted by atomic mass is 9.81. The smallest absolute Gasteiger partial charge is 0.313 e. The van der Waals surface area contributed by atoms with Crippen LogP contribution in [0.5, 0.6) is 0 Å². The average Bonchev–Trinajstić information content (AvgIpc) is 3.17. The van der Waals surface area contributed by atoms with Crippen molar-refractivity contribution >= 4 is 11.8 Å². The van der Waals surface area contributed by atoms with Gasteiger partial charge in [-0.15, -0.1) is 0 Å². The van der Waals surface area contributed by atoms with Crippen LogP contribution in [-0.2, 0) is 9.53 Å². The predicted molar refractivity (Wildman–Crippen MR) is 80.8 cm³/mol. The van der Waals surface area contributed by atoms with Crippen molar-refractivity contribution in [3.05, 3.63) is 22.7 Å². The summed E-state index contributed by atoms with van der Waals surface area (Å²) < 4.78 is 6.85. The minimum absolute atomic E-state index is 0.0232. The number of hydrogen-bond acceptors (Lipinski definition) is 5. The second-order valence-electron chi connectivity index (χ2n) is 6.81. The Morgan fingerprint density at radius 2 is 2.23 bits per heavy atom. The number of anilines is 1. The van der Waals surface area contributed by atoms with Gasteiger partial charge in [0.2, 0.25) is 0 Å². The van der Waals surface area contributed by atoms with Gasteiger partial charge in [-0.05, 0) is 31.6 Å². The number of rotatable bonds is 3. The molecule has 1 aromatic heterocycles. The summed E-state index contributed by atoms with van der Waals surface area (Å²) in [7, 11) is 1.45. The van der Waals surface area contributed by atoms with E-state index in [1.54, 1.807) is 17.0 Å². The highest BCUT2D eigenvalue weighted by atomic mass is 16.5. The van der Waals surface area contributed by atoms with Crippen LogP contribution in [0, 0.1) is 11.3 Å². The standard InChI is InChI=1S/C16H21N3O3/c1-22-15(21)16-6-2-3-11(16)9-18(10-16)13-14(20)19(8-7-17-13)12-4-5-12/h7-8,11-12H,2-6,9-10H2,1H3. The van der Waals surface area contributed by atoms with Crippen molar-refractivity contribution in [3.8, 4) is 0 Å². The van der Waals surface area contributed by atoms with Gasteiger partial charge in [0.1, 0.15) is 0 Å². The number of methoxy groups -OCH3 is 1. The molecule has 3 aliphatic rings. The quantitative estimate of drug-likeness (QED) is 0.789. The molecular weight excluding hydrogens is 282 g/mol. The first-order valence-corrected chi connectivity index (χ1v) is 8.06. The SMILES string of the molecule is COC(=O)C12CCCC1CN(c1nccn(C3CC3)c1=O)C2. The van der Waals surface area contributed by atoms with Gasteiger partial charge in [0.15, 0.2) is 5.82 Å². The fraction of sp³-hybridized carbons (Fsp3) is 0.688. The maximum Gasteiger partial charge on any atom is 0.313 e. The molecule has 0 spiro atoms. The molecule has 2 heterocycles. The van der Waals surface area contributed by atoms with E-state index in [1.807, 2.05) is 4.90 Å². The van der Waals surface area contributed by atoms with E-state index in [0.717, 1.165) is 38.6 Å². The van der Waals surface area contributed by atoms with Crippen molar-refractivity contribution in [1.82, 2.24) is 9.55 Å². The van der Waals surface area contributed by atoms with Crippen molar-refractivity contribution in [2.75, 3.05) is 25.1 Å². The second kappa shape index (κ2) is 4.83. The Labute approximate surface area is 129 Å². The summed E-state index contributed by atoms with van der Waals surface area (Å²) in [5.41, 5.74) is -0.465. The van der Waals surface area contributed by atoms with Crippen LogP contribution < -0.4 is 10.5 Å². The molecule has 6 nitrogen and oxygen atoms in total. The number of carbonyl (C=O) groups excluding carboxylic acids is 1. The maximum absolute atomic E-state index is 12.6. The number of aromatic nitrogens is 2. The Morgan fingerprint density at radius 3 is 2.95 bits per heavy atom. The minimum atomic E-state index is -0.441. The van der Waals surface area contributed by atoms with Gasteiger partial charge in [-0.2, -0.15) is 0 Å². The van der Waals surface area contributed by atoms with Gasteiger partial charge >= 0.3 is 5.97 Å². The molecule has 4 rings (SSSR count). The molecule has 0 amide bonds. The molecule has 0 N–H and O–H groups in total. The molecule has 2 aliphatic carbocycles. The number of nitrogens with zero attached hydrogens (tertiary/aromatic N) is 3. The van der Waals surface area contributed by atoms with Crippen molar-refractivity contribution in [1.29, 1.82) is 0 Å². The summed E-state index contributed by atoms with van der Waals surface area (Å²) in [4.78, 5) is 31.3. The van der Waals surface area contributed by atoms with Gasteiger partial charge in [-0.3, -0.25) is 9.59 Å². The van der Waals surface area contributed by atoms with Crippen LogP contribution in [0.25, 0.3) is 0 Å². The normalized spacial score (nSPS) is 30.4. The summed E-state index contributed by atoms with van der Waals surface area (Å²) in [6.45, 7) is 1.28. The third-order valence-corrected chi connectivity index (χ3v) is 5.55. The fourth-order valence-electron chi connectivity index (χ4n) is 4.26. The molecular formula is C16H21N3O3. The van der Waals surface area contributed by atoms with Crippen LogP contribution in [0.4, 0.5) is 5.82 Å². The zero-order chi connectivity index (χ0) is 15.3. The molecule has 0 bridgehead atoms. The van der Waals surface area contributed by atoms with Crippen molar-refractivity contribution in [3.63, 3.8) is 0 Å². The first-order chi connectivity index (χ1) is 10.7. The van der Waals surface area contributed by atoms with Crippen molar-refractivity contribution < 1.29 is 9.53 Å². The van der Waals surface area contributed by atoms with Gasteiger partial charge in [0.05, 0.1) is 12.5 Å². The molecule has 1 aliphatic heterocycles. The number of fused-ring (bicyclic) bond motifs is 1. The summed E-state index contributed by atoms with van der Waals surface area (Å²) in [5, 5.41) is 0. The lowest BCUT2D eigenvalue weighted by Gasteiger charge is -2.25. The molecule has 22 heavy (non-hydrogen) atoms. The van der Waals surface area contributed by atoms with E-state index in [2.05, 4.69) is 4.98 Å². The van der Waals surface area contributed by atoms with Crippen LogP contribution >= 0.6 is 0 Å². The van der Waals surface area contributed by atoms with Crippen molar-refractivity contribution in [2.45, 2.75) is 38.1 Å². The third-order valence-electron chi connectivity index (χ3n) is 5.55. The number of carbonyl (C=O) groups is 1. The Kier molecular flexibility index (Phi) is 3.03. The molecule has 118 valence electrons. The molecule has 1 aromatic rings. The number of esters is 1. The molecule has 1 saturated heterocycles. The van der Waals surface area contributed by atoms with Gasteiger partial charge in [-0.25, -0.2) is 4.98 Å². The van der Waals surface area contributed by atoms with E-state index < -0.39 is 5.41 Å². The summed E-state index contributed by atoms with van der Waals surface area (Å²) in [6.07, 6.45) is 8.54. The molecule has 3 fully saturated rings. The highest BCUT2D eigenvalue weighted by Crippen LogP contribution is 2.49. The van der Waals surface area contributed by atoms with E-state index in [9.17, 15) is 9.59 Å². The molecule has 2 atom stereocenters. The summed E-state index contributed by atoms with van der Waals surface area (Å²) in [5.74, 6) is 0.638. The van der Waals surface area contributed by atoms with Crippen LogP contribution in [-0.4, -0.2) is 35.7 Å². The molecule has 0 aromatic carbocycles. The number of ether oxygens (including phenoxy) is 1. The molecule has 0 radical (unpaired) electrons. The summed E-state index contributed by atoms with van der Waals surface area (Å²) in [6, 6.07) is 0.339. The lowest BCUT2D eigenvalue weighted by Crippen LogP contribution is -2.38. The van der Waals surface area contributed by atoms with Gasteiger partial charge in [0, 0.05) is 31.5 Å². The summed E-state index contributed by atoms with van der Waals surface area (Å²) >= 11 is 0. The highest BCUT2D eigenvalue weighted by Gasteiger charge is 2.56. The van der Waals surface area contributed by atoms with Crippen LogP contribution in [0.3, 0.4) is 0 Å². The van der Waals surface area contributed by atoms with E-state index in [1.165, 1.54) is 7.11 Å². The Hall–Kier alpha value is -1.85. The maximum atomic E-state index is 12.6. The van der Waals surface area contributed by atoms with E-state index >= 15 is 0 Å². The van der Waals surface area contributed by atoms with Crippen molar-refractivity contribution in [2.24, 2.45) is 11.3 Å². The number of hydrogen-bond donors (Lipinski definition) is 0. The molecule has 2 saturated carbocycles. The molecule has 6 heteroatoms. The van der Waals surface area contributed by atoms with E-state index in [0.29, 0.717) is 18.4 Å². The highest BCUT2D eigenvalue weighted by molar-refractivity contribution is 5.79. The topological polar surface area (TPSA) is 64.4 Å². The Balaban J connectivity index is 1.67. The predicted octanol–water partition coefficient (Wildman–Crippen LogP) is 1.36.